The van der Waals surface area contributed by atoms with E-state index >= 15 is 0 Å². The van der Waals surface area contributed by atoms with Crippen LogP contribution in [0.5, 0.6) is 0 Å². The number of amides is 1. The summed E-state index contributed by atoms with van der Waals surface area (Å²) in [5, 5.41) is 5.88. The molecule has 0 radical (unpaired) electrons. The quantitative estimate of drug-likeness (QED) is 0.729. The summed E-state index contributed by atoms with van der Waals surface area (Å²) in [7, 11) is 1.58. The lowest BCUT2D eigenvalue weighted by Crippen LogP contribution is -2.40. The predicted octanol–water partition coefficient (Wildman–Crippen LogP) is 1.03. The van der Waals surface area contributed by atoms with Crippen LogP contribution in [0.4, 0.5) is 0 Å². The van der Waals surface area contributed by atoms with E-state index in [1.807, 2.05) is 0 Å². The van der Waals surface area contributed by atoms with Gasteiger partial charge in [-0.15, -0.1) is 0 Å². The van der Waals surface area contributed by atoms with Crippen LogP contribution in [0.15, 0.2) is 10.6 Å². The van der Waals surface area contributed by atoms with E-state index in [2.05, 4.69) is 10.6 Å². The van der Waals surface area contributed by atoms with Crippen LogP contribution in [0.3, 0.4) is 0 Å². The molecule has 0 bridgehead atoms. The normalized spacial score (nSPS) is 14.2. The first-order chi connectivity index (χ1) is 5.61. The number of nitrogens with one attached hydrogen (secondary N) is 2. The molecule has 3 nitrogen and oxygen atoms in total. The van der Waals surface area contributed by atoms with Gasteiger partial charge >= 0.3 is 0 Å². The molecule has 0 aromatic heterocycles. The minimum absolute atomic E-state index is 0.0750. The van der Waals surface area contributed by atoms with Crippen molar-refractivity contribution in [2.24, 2.45) is 0 Å². The van der Waals surface area contributed by atoms with Gasteiger partial charge in [-0.25, -0.2) is 0 Å². The molecule has 0 heterocycles. The fourth-order valence-electron chi connectivity index (χ4n) is 0.598. The van der Waals surface area contributed by atoms with Gasteiger partial charge in [0.25, 0.3) is 0 Å². The summed E-state index contributed by atoms with van der Waals surface area (Å²) in [6, 6.07) is -0.264. The second-order valence-electron chi connectivity index (χ2n) is 2.27. The predicted molar refractivity (Wildman–Crippen MR) is 51.3 cm³/mol. The SMILES string of the molecule is CNC(=O)C(C)NCC(Cl)=CCl. The second-order valence-corrected chi connectivity index (χ2v) is 2.98. The Bertz CT molecular complexity index is 182. The fourth-order valence-corrected chi connectivity index (χ4v) is 0.753. The molecule has 0 rings (SSSR count). The van der Waals surface area contributed by atoms with Crippen molar-refractivity contribution < 1.29 is 4.79 Å². The summed E-state index contributed by atoms with van der Waals surface area (Å²) >= 11 is 10.9. The third-order valence-corrected chi connectivity index (χ3v) is 1.95. The fraction of sp³-hybridized carbons (Fsp3) is 0.571. The first kappa shape index (κ1) is 11.8. The Kier molecular flexibility index (Phi) is 6.16. The number of hydrogen-bond donors (Lipinski definition) is 2. The number of hydrogen-bond acceptors (Lipinski definition) is 2. The molecule has 0 spiro atoms. The molecule has 5 heteroatoms. The summed E-state index contributed by atoms with van der Waals surface area (Å²) < 4.78 is 0. The van der Waals surface area contributed by atoms with Crippen molar-refractivity contribution in [3.05, 3.63) is 10.6 Å². The van der Waals surface area contributed by atoms with Crippen LogP contribution in [0.1, 0.15) is 6.92 Å². The molecule has 0 aromatic rings. The summed E-state index contributed by atoms with van der Waals surface area (Å²) in [6.07, 6.45) is 0. The Labute approximate surface area is 82.1 Å². The third kappa shape index (κ3) is 4.59. The van der Waals surface area contributed by atoms with Gasteiger partial charge in [-0.2, -0.15) is 0 Å². The highest BCUT2D eigenvalue weighted by Crippen LogP contribution is 2.00. The molecule has 1 amide bonds. The van der Waals surface area contributed by atoms with E-state index in [4.69, 9.17) is 23.2 Å². The van der Waals surface area contributed by atoms with E-state index < -0.39 is 0 Å². The molecular weight excluding hydrogens is 199 g/mol. The Hall–Kier alpha value is -0.250. The van der Waals surface area contributed by atoms with Gasteiger partial charge in [-0.05, 0) is 6.92 Å². The van der Waals surface area contributed by atoms with E-state index in [-0.39, 0.29) is 11.9 Å². The first-order valence-corrected chi connectivity index (χ1v) is 4.33. The van der Waals surface area contributed by atoms with Gasteiger partial charge in [0, 0.05) is 24.2 Å². The van der Waals surface area contributed by atoms with Crippen LogP contribution in [-0.2, 0) is 4.79 Å². The van der Waals surface area contributed by atoms with Crippen LogP contribution < -0.4 is 10.6 Å². The maximum atomic E-state index is 10.9. The van der Waals surface area contributed by atoms with Crippen molar-refractivity contribution in [3.63, 3.8) is 0 Å². The number of carbonyl (C=O) groups is 1. The van der Waals surface area contributed by atoms with Gasteiger partial charge in [-0.3, -0.25) is 4.79 Å². The minimum Gasteiger partial charge on any atom is -0.358 e. The van der Waals surface area contributed by atoms with Gasteiger partial charge in [0.2, 0.25) is 5.91 Å². The molecule has 2 N–H and O–H groups in total. The summed E-state index contributed by atoms with van der Waals surface area (Å²) in [4.78, 5) is 10.9. The van der Waals surface area contributed by atoms with Crippen molar-refractivity contribution >= 4 is 29.1 Å². The van der Waals surface area contributed by atoms with Crippen LogP contribution in [0.2, 0.25) is 0 Å². The van der Waals surface area contributed by atoms with Gasteiger partial charge in [0.1, 0.15) is 0 Å². The van der Waals surface area contributed by atoms with Gasteiger partial charge in [-0.1, -0.05) is 23.2 Å². The molecule has 12 heavy (non-hydrogen) atoms. The van der Waals surface area contributed by atoms with Gasteiger partial charge < -0.3 is 10.6 Å². The molecule has 0 fully saturated rings. The van der Waals surface area contributed by atoms with Crippen LogP contribution in [-0.4, -0.2) is 25.5 Å². The van der Waals surface area contributed by atoms with Crippen molar-refractivity contribution in [3.8, 4) is 0 Å². The maximum absolute atomic E-state index is 10.9. The summed E-state index contributed by atoms with van der Waals surface area (Å²) in [5.74, 6) is -0.0750. The Morgan fingerprint density at radius 2 is 2.25 bits per heavy atom. The van der Waals surface area contributed by atoms with Gasteiger partial charge in [0.15, 0.2) is 0 Å². The molecule has 0 saturated carbocycles. The van der Waals surface area contributed by atoms with Crippen molar-refractivity contribution in [1.29, 1.82) is 0 Å². The molecule has 0 saturated heterocycles. The molecular formula is C7H12Cl2N2O. The zero-order valence-electron chi connectivity index (χ0n) is 7.03. The third-order valence-electron chi connectivity index (χ3n) is 1.34. The Morgan fingerprint density at radius 3 is 2.67 bits per heavy atom. The first-order valence-electron chi connectivity index (χ1n) is 3.51. The Balaban J connectivity index is 3.71. The van der Waals surface area contributed by atoms with E-state index in [9.17, 15) is 4.79 Å². The monoisotopic (exact) mass is 210 g/mol. The Morgan fingerprint density at radius 1 is 1.67 bits per heavy atom. The van der Waals surface area contributed by atoms with Crippen molar-refractivity contribution in [1.82, 2.24) is 10.6 Å². The number of halogens is 2. The van der Waals surface area contributed by atoms with E-state index in [0.717, 1.165) is 0 Å². The average Bonchev–Trinajstić information content (AvgIpc) is 2.11. The maximum Gasteiger partial charge on any atom is 0.236 e. The summed E-state index contributed by atoms with van der Waals surface area (Å²) in [5.41, 5.74) is 1.27. The lowest BCUT2D eigenvalue weighted by Gasteiger charge is -2.10. The molecule has 0 aliphatic heterocycles. The molecule has 0 aromatic carbocycles. The standard InChI is InChI=1S/C7H12Cl2N2O/c1-5(7(12)10-2)11-4-6(9)3-8/h3,5,11H,4H2,1-2H3,(H,10,12). The van der Waals surface area contributed by atoms with Crippen LogP contribution >= 0.6 is 23.2 Å². The molecule has 0 aliphatic carbocycles. The number of carbonyl (C=O) groups excluding carboxylic acids is 1. The molecule has 1 unspecified atom stereocenters. The minimum atomic E-state index is -0.264. The van der Waals surface area contributed by atoms with E-state index in [1.54, 1.807) is 14.0 Å². The smallest absolute Gasteiger partial charge is 0.236 e. The highest BCUT2D eigenvalue weighted by molar-refractivity contribution is 6.36. The molecule has 0 aliphatic rings. The number of likely N-dealkylation sites (N-methyl/N-ethyl adjacent to an activating group) is 1. The van der Waals surface area contributed by atoms with E-state index in [0.29, 0.717) is 11.6 Å². The van der Waals surface area contributed by atoms with Crippen molar-refractivity contribution in [2.45, 2.75) is 13.0 Å². The highest BCUT2D eigenvalue weighted by atomic mass is 35.5. The van der Waals surface area contributed by atoms with Crippen LogP contribution in [0, 0.1) is 0 Å². The van der Waals surface area contributed by atoms with Crippen LogP contribution in [0.25, 0.3) is 0 Å². The molecule has 70 valence electrons. The average molecular weight is 211 g/mol. The van der Waals surface area contributed by atoms with E-state index in [1.165, 1.54) is 5.54 Å². The second kappa shape index (κ2) is 6.29. The molecule has 1 atom stereocenters. The lowest BCUT2D eigenvalue weighted by atomic mass is 10.3. The largest absolute Gasteiger partial charge is 0.358 e. The number of rotatable bonds is 4. The highest BCUT2D eigenvalue weighted by Gasteiger charge is 2.09. The zero-order chi connectivity index (χ0) is 9.56. The topological polar surface area (TPSA) is 41.1 Å². The lowest BCUT2D eigenvalue weighted by molar-refractivity contribution is -0.122. The summed E-state index contributed by atoms with van der Waals surface area (Å²) in [6.45, 7) is 2.15. The van der Waals surface area contributed by atoms with Crippen molar-refractivity contribution in [2.75, 3.05) is 13.6 Å². The zero-order valence-corrected chi connectivity index (χ0v) is 8.54. The van der Waals surface area contributed by atoms with Gasteiger partial charge in [0.05, 0.1) is 6.04 Å².